The number of piperidine rings is 1. The van der Waals surface area contributed by atoms with E-state index < -0.39 is 0 Å². The third kappa shape index (κ3) is 6.43. The highest BCUT2D eigenvalue weighted by molar-refractivity contribution is 5.93. The minimum absolute atomic E-state index is 0.0215. The first kappa shape index (κ1) is 23.0. The average Bonchev–Trinajstić information content (AvgIpc) is 2.84. The van der Waals surface area contributed by atoms with Gasteiger partial charge in [-0.05, 0) is 61.3 Å². The number of carbonyl (C=O) groups excluding carboxylic acids is 1. The Bertz CT molecular complexity index is 1070. The number of amides is 1. The van der Waals surface area contributed by atoms with E-state index in [1.807, 2.05) is 42.7 Å². The zero-order valence-electron chi connectivity index (χ0n) is 18.8. The first-order valence-corrected chi connectivity index (χ1v) is 11.3. The maximum atomic E-state index is 13.6. The molecule has 0 atom stereocenters. The van der Waals surface area contributed by atoms with Gasteiger partial charge in [0, 0.05) is 49.6 Å². The van der Waals surface area contributed by atoms with Crippen LogP contribution in [0.3, 0.4) is 0 Å². The van der Waals surface area contributed by atoms with E-state index in [9.17, 15) is 9.18 Å². The SMILES string of the molecule is COCCc1ncc(CN2CCC(C(=O)Nc3cccc(-c4cccc(F)c4)c3)CC2)cn1. The molecule has 4 rings (SSSR count). The number of likely N-dealkylation sites (tertiary alicyclic amines) is 1. The molecule has 0 unspecified atom stereocenters. The first-order chi connectivity index (χ1) is 16.1. The molecule has 1 N–H and O–H groups in total. The summed E-state index contributed by atoms with van der Waals surface area (Å²) in [4.78, 5) is 24.0. The third-order valence-electron chi connectivity index (χ3n) is 5.94. The largest absolute Gasteiger partial charge is 0.384 e. The van der Waals surface area contributed by atoms with E-state index in [1.54, 1.807) is 13.2 Å². The molecule has 1 saturated heterocycles. The standard InChI is InChI=1S/C26H29FN4O2/c1-33-13-10-25-28-16-19(17-29-25)18-31-11-8-20(9-12-31)26(32)30-24-7-3-5-22(15-24)21-4-2-6-23(27)14-21/h2-7,14-17,20H,8-13,18H2,1H3,(H,30,32). The van der Waals surface area contributed by atoms with E-state index in [4.69, 9.17) is 4.74 Å². The minimum atomic E-state index is -0.276. The molecule has 172 valence electrons. The van der Waals surface area contributed by atoms with Gasteiger partial charge in [-0.3, -0.25) is 9.69 Å². The number of anilines is 1. The number of hydrogen-bond donors (Lipinski definition) is 1. The maximum absolute atomic E-state index is 13.6. The number of methoxy groups -OCH3 is 1. The van der Waals surface area contributed by atoms with Crippen molar-refractivity contribution in [2.75, 3.05) is 32.1 Å². The Hall–Kier alpha value is -3.16. The molecular weight excluding hydrogens is 419 g/mol. The summed E-state index contributed by atoms with van der Waals surface area (Å²) in [6, 6.07) is 14.0. The molecule has 33 heavy (non-hydrogen) atoms. The Balaban J connectivity index is 1.28. The Labute approximate surface area is 193 Å². The fraction of sp³-hybridized carbons (Fsp3) is 0.346. The van der Waals surface area contributed by atoms with E-state index in [2.05, 4.69) is 20.2 Å². The molecule has 2 heterocycles. The minimum Gasteiger partial charge on any atom is -0.384 e. The number of nitrogens with one attached hydrogen (secondary N) is 1. The quantitative estimate of drug-likeness (QED) is 0.556. The lowest BCUT2D eigenvalue weighted by atomic mass is 9.95. The molecule has 1 amide bonds. The molecule has 0 radical (unpaired) electrons. The zero-order chi connectivity index (χ0) is 23.0. The van der Waals surface area contributed by atoms with Crippen LogP contribution in [0.4, 0.5) is 10.1 Å². The molecule has 2 aromatic carbocycles. The van der Waals surface area contributed by atoms with Gasteiger partial charge in [0.25, 0.3) is 0 Å². The van der Waals surface area contributed by atoms with Crippen molar-refractivity contribution in [2.45, 2.75) is 25.8 Å². The highest BCUT2D eigenvalue weighted by atomic mass is 19.1. The lowest BCUT2D eigenvalue weighted by Crippen LogP contribution is -2.37. The third-order valence-corrected chi connectivity index (χ3v) is 5.94. The molecule has 1 aliphatic heterocycles. The maximum Gasteiger partial charge on any atom is 0.227 e. The summed E-state index contributed by atoms with van der Waals surface area (Å²) < 4.78 is 18.6. The molecule has 1 aliphatic rings. The van der Waals surface area contributed by atoms with Crippen LogP contribution in [-0.2, 0) is 22.5 Å². The van der Waals surface area contributed by atoms with Crippen molar-refractivity contribution in [2.24, 2.45) is 5.92 Å². The van der Waals surface area contributed by atoms with E-state index in [0.29, 0.717) is 13.0 Å². The predicted octanol–water partition coefficient (Wildman–Crippen LogP) is 4.32. The molecule has 1 aromatic heterocycles. The fourth-order valence-corrected chi connectivity index (χ4v) is 4.09. The number of aromatic nitrogens is 2. The summed E-state index contributed by atoms with van der Waals surface area (Å²) in [5, 5.41) is 3.04. The first-order valence-electron chi connectivity index (χ1n) is 11.3. The van der Waals surface area contributed by atoms with Crippen molar-refractivity contribution in [1.29, 1.82) is 0 Å². The summed E-state index contributed by atoms with van der Waals surface area (Å²) in [5.74, 6) is 0.531. The molecule has 0 spiro atoms. The summed E-state index contributed by atoms with van der Waals surface area (Å²) in [6.07, 6.45) is 6.08. The van der Waals surface area contributed by atoms with Crippen LogP contribution in [0.25, 0.3) is 11.1 Å². The van der Waals surface area contributed by atoms with Gasteiger partial charge in [-0.1, -0.05) is 24.3 Å². The summed E-state index contributed by atoms with van der Waals surface area (Å²) in [6.45, 7) is 3.11. The van der Waals surface area contributed by atoms with Gasteiger partial charge in [-0.2, -0.15) is 0 Å². The molecular formula is C26H29FN4O2. The van der Waals surface area contributed by atoms with E-state index in [-0.39, 0.29) is 17.6 Å². The lowest BCUT2D eigenvalue weighted by Gasteiger charge is -2.31. The van der Waals surface area contributed by atoms with Gasteiger partial charge >= 0.3 is 0 Å². The molecule has 3 aromatic rings. The van der Waals surface area contributed by atoms with Crippen LogP contribution in [0, 0.1) is 11.7 Å². The number of halogens is 1. The monoisotopic (exact) mass is 448 g/mol. The topological polar surface area (TPSA) is 67.3 Å². The Morgan fingerprint density at radius 3 is 2.48 bits per heavy atom. The van der Waals surface area contributed by atoms with Crippen LogP contribution in [0.5, 0.6) is 0 Å². The normalized spacial score (nSPS) is 14.8. The van der Waals surface area contributed by atoms with Gasteiger partial charge < -0.3 is 10.1 Å². The summed E-state index contributed by atoms with van der Waals surface area (Å²) in [7, 11) is 1.67. The Kier molecular flexibility index (Phi) is 7.75. The van der Waals surface area contributed by atoms with Crippen LogP contribution in [0.1, 0.15) is 24.2 Å². The van der Waals surface area contributed by atoms with Crippen molar-refractivity contribution in [1.82, 2.24) is 14.9 Å². The molecule has 0 aliphatic carbocycles. The van der Waals surface area contributed by atoms with E-state index in [1.165, 1.54) is 12.1 Å². The predicted molar refractivity (Wildman–Crippen MR) is 126 cm³/mol. The van der Waals surface area contributed by atoms with Crippen LogP contribution in [-0.4, -0.2) is 47.6 Å². The van der Waals surface area contributed by atoms with Crippen LogP contribution >= 0.6 is 0 Å². The van der Waals surface area contributed by atoms with Crippen molar-refractivity contribution in [3.63, 3.8) is 0 Å². The second-order valence-electron chi connectivity index (χ2n) is 8.38. The number of benzene rings is 2. The van der Waals surface area contributed by atoms with E-state index >= 15 is 0 Å². The number of ether oxygens (including phenoxy) is 1. The number of nitrogens with zero attached hydrogens (tertiary/aromatic N) is 3. The van der Waals surface area contributed by atoms with Crippen molar-refractivity contribution in [3.8, 4) is 11.1 Å². The Morgan fingerprint density at radius 1 is 1.09 bits per heavy atom. The molecule has 0 bridgehead atoms. The van der Waals surface area contributed by atoms with Crippen molar-refractivity contribution < 1.29 is 13.9 Å². The van der Waals surface area contributed by atoms with Crippen LogP contribution < -0.4 is 5.32 Å². The van der Waals surface area contributed by atoms with Gasteiger partial charge in [-0.15, -0.1) is 0 Å². The zero-order valence-corrected chi connectivity index (χ0v) is 18.8. The van der Waals surface area contributed by atoms with Crippen LogP contribution in [0.15, 0.2) is 60.9 Å². The van der Waals surface area contributed by atoms with Gasteiger partial charge in [-0.25, -0.2) is 14.4 Å². The molecule has 0 saturated carbocycles. The number of carbonyl (C=O) groups is 1. The highest BCUT2D eigenvalue weighted by Crippen LogP contribution is 2.25. The average molecular weight is 449 g/mol. The van der Waals surface area contributed by atoms with Gasteiger partial charge in [0.2, 0.25) is 5.91 Å². The summed E-state index contributed by atoms with van der Waals surface area (Å²) >= 11 is 0. The van der Waals surface area contributed by atoms with Gasteiger partial charge in [0.1, 0.15) is 11.6 Å². The van der Waals surface area contributed by atoms with E-state index in [0.717, 1.165) is 60.7 Å². The highest BCUT2D eigenvalue weighted by Gasteiger charge is 2.25. The van der Waals surface area contributed by atoms with Crippen molar-refractivity contribution in [3.05, 3.63) is 78.1 Å². The van der Waals surface area contributed by atoms with Crippen LogP contribution in [0.2, 0.25) is 0 Å². The van der Waals surface area contributed by atoms with Crippen molar-refractivity contribution >= 4 is 11.6 Å². The van der Waals surface area contributed by atoms with Gasteiger partial charge in [0.05, 0.1) is 6.61 Å². The molecule has 6 nitrogen and oxygen atoms in total. The number of hydrogen-bond acceptors (Lipinski definition) is 5. The number of rotatable bonds is 8. The lowest BCUT2D eigenvalue weighted by molar-refractivity contribution is -0.121. The second kappa shape index (κ2) is 11.1. The fourth-order valence-electron chi connectivity index (χ4n) is 4.09. The summed E-state index contributed by atoms with van der Waals surface area (Å²) in [5.41, 5.74) is 3.47. The molecule has 1 fully saturated rings. The van der Waals surface area contributed by atoms with Gasteiger partial charge in [0.15, 0.2) is 0 Å². The molecule has 7 heteroatoms. The second-order valence-corrected chi connectivity index (χ2v) is 8.38. The Morgan fingerprint density at radius 2 is 1.79 bits per heavy atom. The smallest absolute Gasteiger partial charge is 0.227 e.